The first-order valence-electron chi connectivity index (χ1n) is 15.3. The highest BCUT2D eigenvalue weighted by Crippen LogP contribution is 2.61. The predicted octanol–water partition coefficient (Wildman–Crippen LogP) is 3.86. The number of carbonyl (C=O) groups excluding carboxylic acids is 6. The van der Waals surface area contributed by atoms with Crippen LogP contribution >= 0.6 is 0 Å². The van der Waals surface area contributed by atoms with Crippen molar-refractivity contribution in [3.63, 3.8) is 0 Å². The average Bonchev–Trinajstić information content (AvgIpc) is 3.79. The molecule has 4 aliphatic carbocycles. The van der Waals surface area contributed by atoms with Crippen LogP contribution in [0.4, 0.5) is 0 Å². The van der Waals surface area contributed by atoms with Gasteiger partial charge < -0.3 is 0 Å². The molecule has 0 heterocycles. The third-order valence-electron chi connectivity index (χ3n) is 10.6. The van der Waals surface area contributed by atoms with E-state index in [2.05, 4.69) is 30.0 Å². The molecule has 0 aromatic heterocycles. The molecule has 0 radical (unpaired) electrons. The lowest BCUT2D eigenvalue weighted by atomic mass is 9.67. The molecule has 4 bridgehead atoms. The first kappa shape index (κ1) is 33.8. The van der Waals surface area contributed by atoms with Gasteiger partial charge in [-0.2, -0.15) is 0 Å². The van der Waals surface area contributed by atoms with E-state index in [9.17, 15) is 28.8 Å². The van der Waals surface area contributed by atoms with Crippen LogP contribution in [-0.4, -0.2) is 75.7 Å². The fraction of sp³-hybridized carbons (Fsp3) is 0.806. The fourth-order valence-electron chi connectivity index (χ4n) is 9.03. The zero-order valence-electron chi connectivity index (χ0n) is 24.6. The minimum Gasteiger partial charge on any atom is -0.211 e. The highest BCUT2D eigenvalue weighted by molar-refractivity contribution is 5.34. The Bertz CT molecular complexity index is 1220. The van der Waals surface area contributed by atoms with Crippen molar-refractivity contribution in [1.82, 2.24) is 0 Å². The number of fused-ring (bicyclic) bond motifs is 4. The normalized spacial score (nSPS) is 32.4. The fourth-order valence-corrected chi connectivity index (χ4v) is 9.03. The Balaban J connectivity index is 0.000000236. The monoisotopic (exact) mass is 592 g/mol. The van der Waals surface area contributed by atoms with Crippen LogP contribution in [0.2, 0.25) is 0 Å². The van der Waals surface area contributed by atoms with Crippen LogP contribution in [-0.2, 0) is 28.8 Å². The van der Waals surface area contributed by atoms with Crippen molar-refractivity contribution < 1.29 is 28.8 Å². The van der Waals surface area contributed by atoms with Gasteiger partial charge in [0, 0.05) is 0 Å². The molecular weight excluding hydrogens is 552 g/mol. The highest BCUT2D eigenvalue weighted by Gasteiger charge is 2.54. The van der Waals surface area contributed by atoms with Crippen LogP contribution in [0.3, 0.4) is 0 Å². The van der Waals surface area contributed by atoms with E-state index in [-0.39, 0.29) is 5.41 Å². The molecule has 43 heavy (non-hydrogen) atoms. The number of hydrogen-bond donors (Lipinski definition) is 0. The molecule has 4 fully saturated rings. The zero-order chi connectivity index (χ0) is 30.9. The maximum Gasteiger partial charge on any atom is 0.234 e. The van der Waals surface area contributed by atoms with Gasteiger partial charge in [-0.15, -0.1) is 0 Å². The van der Waals surface area contributed by atoms with Crippen LogP contribution < -0.4 is 0 Å². The highest BCUT2D eigenvalue weighted by atomic mass is 16.1. The molecule has 9 unspecified atom stereocenters. The van der Waals surface area contributed by atoms with E-state index in [4.69, 9.17) is 0 Å². The van der Waals surface area contributed by atoms with Crippen molar-refractivity contribution in [3.8, 4) is 0 Å². The lowest BCUT2D eigenvalue weighted by molar-refractivity contribution is 0.122. The second-order valence-electron chi connectivity index (χ2n) is 12.5. The summed E-state index contributed by atoms with van der Waals surface area (Å²) < 4.78 is 0. The molecule has 0 saturated heterocycles. The summed E-state index contributed by atoms with van der Waals surface area (Å²) in [5, 5.41) is 0. The summed E-state index contributed by atoms with van der Waals surface area (Å²) in [6, 6.07) is 0. The average molecular weight is 593 g/mol. The summed E-state index contributed by atoms with van der Waals surface area (Å²) in [4.78, 5) is 83.8. The summed E-state index contributed by atoms with van der Waals surface area (Å²) >= 11 is 0. The van der Waals surface area contributed by atoms with Gasteiger partial charge in [-0.25, -0.2) is 58.7 Å². The second kappa shape index (κ2) is 18.1. The van der Waals surface area contributed by atoms with Gasteiger partial charge in [0.15, 0.2) is 0 Å². The Kier molecular flexibility index (Phi) is 14.2. The minimum absolute atomic E-state index is 0.0604. The molecule has 4 aliphatic rings. The summed E-state index contributed by atoms with van der Waals surface area (Å²) in [5.74, 6) is 4.17. The molecule has 0 aliphatic heterocycles. The summed E-state index contributed by atoms with van der Waals surface area (Å²) in [6.45, 7) is 3.14. The van der Waals surface area contributed by atoms with Gasteiger partial charge >= 0.3 is 0 Å². The maximum absolute atomic E-state index is 10.5. The molecule has 0 aromatic rings. The smallest absolute Gasteiger partial charge is 0.211 e. The van der Waals surface area contributed by atoms with Crippen molar-refractivity contribution in [2.75, 3.05) is 39.3 Å². The first-order valence-corrected chi connectivity index (χ1v) is 15.3. The standard InChI is InChI=1S/C16H21N3O3.C15H19N3O3/c20-10-17-4-1-3-16(9-19-12-22)8-14-7-15(16)6-13(14)2-5-18-11-21;19-8-16-3-1-2-13-11-4-12(6-17-9-20)14(5-11)15(13)7-18-10-21/h13-15H,1-9H2;11-15H,1-7H2. The molecule has 4 rings (SSSR count). The molecule has 0 amide bonds. The van der Waals surface area contributed by atoms with E-state index in [1.54, 1.807) is 36.5 Å². The quantitative estimate of drug-likeness (QED) is 0.141. The number of nitrogens with zero attached hydrogens (tertiary/aromatic N) is 6. The third-order valence-corrected chi connectivity index (χ3v) is 10.6. The second-order valence-corrected chi connectivity index (χ2v) is 12.5. The number of hydrogen-bond acceptors (Lipinski definition) is 12. The first-order chi connectivity index (χ1) is 21.1. The Morgan fingerprint density at radius 1 is 0.558 bits per heavy atom. The van der Waals surface area contributed by atoms with Crippen LogP contribution in [0, 0.1) is 52.8 Å². The lowest BCUT2D eigenvalue weighted by Crippen LogP contribution is -2.34. The molecule has 0 spiro atoms. The van der Waals surface area contributed by atoms with Crippen molar-refractivity contribution in [2.24, 2.45) is 82.7 Å². The molecule has 12 heteroatoms. The van der Waals surface area contributed by atoms with Crippen LogP contribution in [0.1, 0.15) is 64.2 Å². The third kappa shape index (κ3) is 9.13. The predicted molar refractivity (Wildman–Crippen MR) is 154 cm³/mol. The molecule has 4 saturated carbocycles. The van der Waals surface area contributed by atoms with Crippen molar-refractivity contribution in [2.45, 2.75) is 64.2 Å². The zero-order valence-corrected chi connectivity index (χ0v) is 24.6. The maximum atomic E-state index is 10.5. The number of rotatable bonds is 17. The van der Waals surface area contributed by atoms with E-state index in [0.717, 1.165) is 57.8 Å². The van der Waals surface area contributed by atoms with E-state index in [1.165, 1.54) is 6.42 Å². The topological polar surface area (TPSA) is 177 Å². The molecule has 0 N–H and O–H groups in total. The van der Waals surface area contributed by atoms with Crippen molar-refractivity contribution >= 4 is 36.5 Å². The largest absolute Gasteiger partial charge is 0.234 e. The summed E-state index contributed by atoms with van der Waals surface area (Å²) in [6.07, 6.45) is 19.7. The van der Waals surface area contributed by atoms with Gasteiger partial charge in [-0.3, -0.25) is 0 Å². The van der Waals surface area contributed by atoms with E-state index < -0.39 is 0 Å². The molecule has 0 aromatic carbocycles. The number of aliphatic imine (C=N–C) groups is 6. The van der Waals surface area contributed by atoms with E-state index in [1.807, 2.05) is 0 Å². The Morgan fingerprint density at radius 2 is 1.21 bits per heavy atom. The summed E-state index contributed by atoms with van der Waals surface area (Å²) in [7, 11) is 0. The van der Waals surface area contributed by atoms with E-state index in [0.29, 0.717) is 86.6 Å². The van der Waals surface area contributed by atoms with Crippen LogP contribution in [0.5, 0.6) is 0 Å². The summed E-state index contributed by atoms with van der Waals surface area (Å²) in [5.41, 5.74) is 0.0604. The molecule has 230 valence electrons. The molecule has 12 nitrogen and oxygen atoms in total. The van der Waals surface area contributed by atoms with E-state index >= 15 is 0 Å². The van der Waals surface area contributed by atoms with Gasteiger partial charge in [0.2, 0.25) is 36.5 Å². The van der Waals surface area contributed by atoms with Gasteiger partial charge in [0.1, 0.15) is 0 Å². The van der Waals surface area contributed by atoms with Crippen LogP contribution in [0.25, 0.3) is 0 Å². The van der Waals surface area contributed by atoms with Gasteiger partial charge in [-0.05, 0) is 117 Å². The van der Waals surface area contributed by atoms with Crippen molar-refractivity contribution in [3.05, 3.63) is 0 Å². The van der Waals surface area contributed by atoms with Crippen molar-refractivity contribution in [1.29, 1.82) is 0 Å². The number of isocyanates is 6. The SMILES string of the molecule is O=C=NCCCC1(CN=C=O)CC2CC1CC2CCN=C=O.O=C=NCCCC1C2CC(CN=C=O)C(C2)C1CN=C=O. The molecule has 9 atom stereocenters. The van der Waals surface area contributed by atoms with Gasteiger partial charge in [0.25, 0.3) is 0 Å². The Labute approximate surface area is 251 Å². The Hall–Kier alpha value is -3.72. The van der Waals surface area contributed by atoms with Crippen LogP contribution in [0.15, 0.2) is 30.0 Å². The lowest BCUT2D eigenvalue weighted by Gasteiger charge is -2.39. The van der Waals surface area contributed by atoms with Gasteiger partial charge in [-0.1, -0.05) is 0 Å². The minimum atomic E-state index is 0.0604. The Morgan fingerprint density at radius 3 is 1.86 bits per heavy atom. The van der Waals surface area contributed by atoms with Gasteiger partial charge in [0.05, 0.1) is 39.3 Å². The molecular formula is C31H40N6O6.